The van der Waals surface area contributed by atoms with Gasteiger partial charge in [-0.1, -0.05) is 25.1 Å². The van der Waals surface area contributed by atoms with Crippen molar-refractivity contribution < 1.29 is 23.9 Å². The molecule has 0 spiro atoms. The smallest absolute Gasteiger partial charge is 0.329 e. The maximum absolute atomic E-state index is 12.1. The number of carbonyl (C=O) groups is 3. The van der Waals surface area contributed by atoms with Crippen molar-refractivity contribution in [1.82, 2.24) is 10.7 Å². The Morgan fingerprint density at radius 1 is 1.16 bits per heavy atom. The van der Waals surface area contributed by atoms with Gasteiger partial charge in [-0.25, -0.2) is 5.43 Å². The van der Waals surface area contributed by atoms with Crippen molar-refractivity contribution in [2.45, 2.75) is 26.3 Å². The third-order valence-electron chi connectivity index (χ3n) is 4.23. The summed E-state index contributed by atoms with van der Waals surface area (Å²) in [6.07, 6.45) is 2.06. The highest BCUT2D eigenvalue weighted by Crippen LogP contribution is 2.36. The maximum atomic E-state index is 12.1. The molecule has 2 aromatic rings. The Labute approximate surface area is 194 Å². The topological polar surface area (TPSA) is 118 Å². The molecule has 1 atom stereocenters. The Balaban J connectivity index is 1.98. The lowest BCUT2D eigenvalue weighted by Gasteiger charge is -2.13. The summed E-state index contributed by atoms with van der Waals surface area (Å²) in [6, 6.07) is 12.2. The highest BCUT2D eigenvalue weighted by atomic mass is 79.9. The van der Waals surface area contributed by atoms with Crippen LogP contribution in [-0.4, -0.2) is 43.7 Å². The van der Waals surface area contributed by atoms with Crippen molar-refractivity contribution in [2.75, 3.05) is 19.0 Å². The summed E-state index contributed by atoms with van der Waals surface area (Å²) >= 11 is 3.39. The standard InChI is InChI=1S/C22H25BrN4O5/c1-4-14(2)25-21(29)22(30)27-24-12-15-10-17(23)20(18(11-15)31-3)32-13-19(28)26-16-8-6-5-7-9-16/h5-12,14H,4,13H2,1-3H3,(H,25,29)(H,26,28)(H,27,30)/b24-12-/t14-/m1/s1. The fraction of sp³-hybridized carbons (Fsp3) is 0.273. The Morgan fingerprint density at radius 3 is 2.53 bits per heavy atom. The minimum atomic E-state index is -0.864. The lowest BCUT2D eigenvalue weighted by Crippen LogP contribution is -2.41. The van der Waals surface area contributed by atoms with Crippen LogP contribution in [0.2, 0.25) is 0 Å². The van der Waals surface area contributed by atoms with Gasteiger partial charge in [-0.2, -0.15) is 5.10 Å². The van der Waals surface area contributed by atoms with Crippen molar-refractivity contribution in [2.24, 2.45) is 5.10 Å². The van der Waals surface area contributed by atoms with E-state index in [0.717, 1.165) is 0 Å². The van der Waals surface area contributed by atoms with E-state index in [9.17, 15) is 14.4 Å². The van der Waals surface area contributed by atoms with E-state index in [4.69, 9.17) is 9.47 Å². The number of rotatable bonds is 9. The molecule has 0 bridgehead atoms. The van der Waals surface area contributed by atoms with Crippen LogP contribution in [0, 0.1) is 0 Å². The first-order chi connectivity index (χ1) is 15.3. The fourth-order valence-electron chi connectivity index (χ4n) is 2.42. The highest BCUT2D eigenvalue weighted by Gasteiger charge is 2.15. The predicted octanol–water partition coefficient (Wildman–Crippen LogP) is 2.84. The minimum absolute atomic E-state index is 0.111. The molecular weight excluding hydrogens is 480 g/mol. The molecule has 0 saturated heterocycles. The molecule has 0 radical (unpaired) electrons. The van der Waals surface area contributed by atoms with Crippen LogP contribution in [0.3, 0.4) is 0 Å². The van der Waals surface area contributed by atoms with Gasteiger partial charge in [0.05, 0.1) is 17.8 Å². The molecule has 3 N–H and O–H groups in total. The van der Waals surface area contributed by atoms with Crippen LogP contribution in [0.15, 0.2) is 52.0 Å². The minimum Gasteiger partial charge on any atom is -0.493 e. The second kappa shape index (κ2) is 12.5. The number of hydrogen-bond donors (Lipinski definition) is 3. The number of para-hydroxylation sites is 1. The number of ether oxygens (including phenoxy) is 2. The Bertz CT molecular complexity index is 982. The van der Waals surface area contributed by atoms with Gasteiger partial charge in [0.2, 0.25) is 0 Å². The van der Waals surface area contributed by atoms with Crippen LogP contribution >= 0.6 is 15.9 Å². The van der Waals surface area contributed by atoms with E-state index < -0.39 is 11.8 Å². The van der Waals surface area contributed by atoms with Gasteiger partial charge in [0, 0.05) is 11.7 Å². The van der Waals surface area contributed by atoms with Gasteiger partial charge in [0.15, 0.2) is 18.1 Å². The molecule has 0 aliphatic rings. The van der Waals surface area contributed by atoms with Gasteiger partial charge in [-0.3, -0.25) is 14.4 Å². The summed E-state index contributed by atoms with van der Waals surface area (Å²) in [5.41, 5.74) is 3.41. The number of carbonyl (C=O) groups excluding carboxylic acids is 3. The summed E-state index contributed by atoms with van der Waals surface area (Å²) in [5, 5.41) is 9.08. The summed E-state index contributed by atoms with van der Waals surface area (Å²) in [5.74, 6) is -1.25. The van der Waals surface area contributed by atoms with Crippen molar-refractivity contribution in [3.8, 4) is 11.5 Å². The number of hydrazone groups is 1. The predicted molar refractivity (Wildman–Crippen MR) is 125 cm³/mol. The quantitative estimate of drug-likeness (QED) is 0.275. The van der Waals surface area contributed by atoms with Gasteiger partial charge in [-0.05, 0) is 59.1 Å². The summed E-state index contributed by atoms with van der Waals surface area (Å²) < 4.78 is 11.5. The number of benzene rings is 2. The lowest BCUT2D eigenvalue weighted by molar-refractivity contribution is -0.139. The van der Waals surface area contributed by atoms with Crippen LogP contribution < -0.4 is 25.5 Å². The molecule has 0 aliphatic heterocycles. The second-order valence-electron chi connectivity index (χ2n) is 6.72. The first-order valence-electron chi connectivity index (χ1n) is 9.83. The molecule has 9 nitrogen and oxygen atoms in total. The number of nitrogens with zero attached hydrogens (tertiary/aromatic N) is 1. The van der Waals surface area contributed by atoms with E-state index in [0.29, 0.717) is 33.6 Å². The van der Waals surface area contributed by atoms with Crippen molar-refractivity contribution in [3.63, 3.8) is 0 Å². The molecule has 32 heavy (non-hydrogen) atoms. The van der Waals surface area contributed by atoms with E-state index in [1.807, 2.05) is 25.1 Å². The molecule has 0 fully saturated rings. The molecule has 10 heteroatoms. The lowest BCUT2D eigenvalue weighted by atomic mass is 10.2. The average Bonchev–Trinajstić information content (AvgIpc) is 2.78. The zero-order valence-corrected chi connectivity index (χ0v) is 19.6. The van der Waals surface area contributed by atoms with Crippen molar-refractivity contribution in [1.29, 1.82) is 0 Å². The number of nitrogens with one attached hydrogen (secondary N) is 3. The van der Waals surface area contributed by atoms with Crippen LogP contribution in [0.5, 0.6) is 11.5 Å². The van der Waals surface area contributed by atoms with Gasteiger partial charge >= 0.3 is 11.8 Å². The zero-order valence-electron chi connectivity index (χ0n) is 18.0. The van der Waals surface area contributed by atoms with Gasteiger partial charge in [-0.15, -0.1) is 0 Å². The van der Waals surface area contributed by atoms with Crippen LogP contribution in [0.4, 0.5) is 5.69 Å². The Morgan fingerprint density at radius 2 is 1.88 bits per heavy atom. The van der Waals surface area contributed by atoms with Crippen molar-refractivity contribution >= 4 is 45.6 Å². The van der Waals surface area contributed by atoms with E-state index in [1.165, 1.54) is 13.3 Å². The third-order valence-corrected chi connectivity index (χ3v) is 4.82. The van der Waals surface area contributed by atoms with Crippen molar-refractivity contribution in [3.05, 3.63) is 52.5 Å². The highest BCUT2D eigenvalue weighted by molar-refractivity contribution is 9.10. The van der Waals surface area contributed by atoms with Gasteiger partial charge < -0.3 is 20.1 Å². The first-order valence-corrected chi connectivity index (χ1v) is 10.6. The molecule has 170 valence electrons. The Kier molecular flexibility index (Phi) is 9.68. The van der Waals surface area contributed by atoms with E-state index in [1.54, 1.807) is 31.2 Å². The van der Waals surface area contributed by atoms with Gasteiger partial charge in [0.25, 0.3) is 5.91 Å². The normalized spacial score (nSPS) is 11.5. The van der Waals surface area contributed by atoms with Crippen LogP contribution in [-0.2, 0) is 14.4 Å². The Hall–Kier alpha value is -3.40. The number of halogens is 1. The molecule has 0 saturated carbocycles. The molecule has 0 aliphatic carbocycles. The summed E-state index contributed by atoms with van der Waals surface area (Å²) in [4.78, 5) is 35.6. The van der Waals surface area contributed by atoms with Crippen LogP contribution in [0.1, 0.15) is 25.8 Å². The van der Waals surface area contributed by atoms with E-state index in [2.05, 4.69) is 37.1 Å². The maximum Gasteiger partial charge on any atom is 0.329 e. The molecule has 0 heterocycles. The van der Waals surface area contributed by atoms with E-state index >= 15 is 0 Å². The summed E-state index contributed by atoms with van der Waals surface area (Å²) in [6.45, 7) is 3.47. The molecule has 0 aromatic heterocycles. The number of methoxy groups -OCH3 is 1. The molecule has 3 amide bonds. The molecular formula is C22H25BrN4O5. The SMILES string of the molecule is CC[C@@H](C)NC(=O)C(=O)N/N=C\c1cc(Br)c(OCC(=O)Nc2ccccc2)c(OC)c1. The number of anilines is 1. The summed E-state index contributed by atoms with van der Waals surface area (Å²) in [7, 11) is 1.46. The van der Waals surface area contributed by atoms with Crippen LogP contribution in [0.25, 0.3) is 0 Å². The molecule has 2 rings (SSSR count). The number of hydrogen-bond acceptors (Lipinski definition) is 6. The monoisotopic (exact) mass is 504 g/mol. The van der Waals surface area contributed by atoms with E-state index in [-0.39, 0.29) is 18.6 Å². The average molecular weight is 505 g/mol. The van der Waals surface area contributed by atoms with Gasteiger partial charge in [0.1, 0.15) is 0 Å². The largest absolute Gasteiger partial charge is 0.493 e. The zero-order chi connectivity index (χ0) is 23.5. The first kappa shape index (κ1) is 24.9. The third kappa shape index (κ3) is 7.69. The fourth-order valence-corrected chi connectivity index (χ4v) is 2.99. The number of amides is 3. The second-order valence-corrected chi connectivity index (χ2v) is 7.57. The molecule has 2 aromatic carbocycles. The molecule has 0 unspecified atom stereocenters.